The van der Waals surface area contributed by atoms with Crippen LogP contribution in [0.5, 0.6) is 0 Å². The highest BCUT2D eigenvalue weighted by Gasteiger charge is 2.25. The molecule has 1 heterocycles. The van der Waals surface area contributed by atoms with Gasteiger partial charge < -0.3 is 10.2 Å². The van der Waals surface area contributed by atoms with Crippen LogP contribution in [0, 0.1) is 11.7 Å². The van der Waals surface area contributed by atoms with Gasteiger partial charge in [-0.3, -0.25) is 4.79 Å². The molecular weight excluding hydrogens is 243 g/mol. The maximum Gasteiger partial charge on any atom is 0.227 e. The number of nitrogens with zero attached hydrogens (tertiary/aromatic N) is 1. The summed E-state index contributed by atoms with van der Waals surface area (Å²) in [4.78, 5) is 13.8. The lowest BCUT2D eigenvalue weighted by Gasteiger charge is -2.31. The molecule has 1 aromatic rings. The van der Waals surface area contributed by atoms with E-state index in [-0.39, 0.29) is 11.7 Å². The van der Waals surface area contributed by atoms with Gasteiger partial charge in [-0.1, -0.05) is 19.9 Å². The molecule has 19 heavy (non-hydrogen) atoms. The summed E-state index contributed by atoms with van der Waals surface area (Å²) in [6.07, 6.45) is 1.24. The molecule has 1 atom stereocenters. The molecule has 0 fully saturated rings. The minimum absolute atomic E-state index is 0.0986. The summed E-state index contributed by atoms with van der Waals surface area (Å²) in [6, 6.07) is 4.74. The minimum atomic E-state index is -0.280. The molecule has 3 nitrogen and oxygen atoms in total. The number of aryl methyl sites for hydroxylation is 1. The minimum Gasteiger partial charge on any atom is -0.317 e. The molecule has 1 unspecified atom stereocenters. The zero-order chi connectivity index (χ0) is 13.8. The summed E-state index contributed by atoms with van der Waals surface area (Å²) in [5.41, 5.74) is 1.82. The molecule has 104 valence electrons. The van der Waals surface area contributed by atoms with Gasteiger partial charge in [0.25, 0.3) is 0 Å². The van der Waals surface area contributed by atoms with Crippen LogP contribution >= 0.6 is 0 Å². The smallest absolute Gasteiger partial charge is 0.227 e. The molecule has 0 saturated carbocycles. The van der Waals surface area contributed by atoms with Crippen molar-refractivity contribution in [1.82, 2.24) is 5.32 Å². The standard InChI is InChI=1S/C15H21FN2O/c1-3-17-9-11(2)10-18-14-8-13(16)6-4-12(14)5-7-15(18)19/h4,6,8,11,17H,3,5,7,9-10H2,1-2H3. The molecule has 0 saturated heterocycles. The van der Waals surface area contributed by atoms with Gasteiger partial charge in [0.1, 0.15) is 5.82 Å². The monoisotopic (exact) mass is 264 g/mol. The van der Waals surface area contributed by atoms with E-state index in [1.54, 1.807) is 11.0 Å². The summed E-state index contributed by atoms with van der Waals surface area (Å²) in [6.45, 7) is 6.59. The molecule has 1 aromatic carbocycles. The normalized spacial score (nSPS) is 16.4. The molecule has 0 aromatic heterocycles. The summed E-state index contributed by atoms with van der Waals surface area (Å²) in [5.74, 6) is 0.164. The number of amides is 1. The molecule has 1 amide bonds. The number of halogens is 1. The van der Waals surface area contributed by atoms with Gasteiger partial charge in [-0.25, -0.2) is 4.39 Å². The van der Waals surface area contributed by atoms with Gasteiger partial charge in [-0.2, -0.15) is 0 Å². The van der Waals surface area contributed by atoms with E-state index in [1.807, 2.05) is 0 Å². The van der Waals surface area contributed by atoms with Crippen molar-refractivity contribution < 1.29 is 9.18 Å². The molecule has 2 rings (SSSR count). The molecular formula is C15H21FN2O. The molecule has 4 heteroatoms. The number of carbonyl (C=O) groups excluding carboxylic acids is 1. The van der Waals surface area contributed by atoms with Crippen LogP contribution in [-0.4, -0.2) is 25.5 Å². The first-order chi connectivity index (χ1) is 9.11. The van der Waals surface area contributed by atoms with Gasteiger partial charge in [-0.15, -0.1) is 0 Å². The van der Waals surface area contributed by atoms with Crippen LogP contribution in [0.1, 0.15) is 25.8 Å². The Kier molecular flexibility index (Phi) is 4.53. The predicted molar refractivity (Wildman–Crippen MR) is 74.8 cm³/mol. The molecule has 0 spiro atoms. The van der Waals surface area contributed by atoms with Gasteiger partial charge >= 0.3 is 0 Å². The molecule has 0 aliphatic carbocycles. The molecule has 1 aliphatic heterocycles. The highest BCUT2D eigenvalue weighted by Crippen LogP contribution is 2.29. The number of fused-ring (bicyclic) bond motifs is 1. The number of carbonyl (C=O) groups is 1. The fourth-order valence-corrected chi connectivity index (χ4v) is 2.48. The lowest BCUT2D eigenvalue weighted by Crippen LogP contribution is -2.40. The Morgan fingerprint density at radius 1 is 1.42 bits per heavy atom. The second-order valence-corrected chi connectivity index (χ2v) is 5.19. The second kappa shape index (κ2) is 6.15. The van der Waals surface area contributed by atoms with Gasteiger partial charge in [-0.05, 0) is 43.1 Å². The zero-order valence-electron chi connectivity index (χ0n) is 11.6. The first-order valence-corrected chi connectivity index (χ1v) is 6.91. The maximum absolute atomic E-state index is 13.4. The van der Waals surface area contributed by atoms with Crippen molar-refractivity contribution in [3.05, 3.63) is 29.6 Å². The third-order valence-corrected chi connectivity index (χ3v) is 3.48. The Labute approximate surface area is 113 Å². The SMILES string of the molecule is CCNCC(C)CN1C(=O)CCc2ccc(F)cc21. The van der Waals surface area contributed by atoms with Crippen molar-refractivity contribution in [3.63, 3.8) is 0 Å². The van der Waals surface area contributed by atoms with Crippen LogP contribution < -0.4 is 10.2 Å². The first kappa shape index (κ1) is 14.0. The van der Waals surface area contributed by atoms with Crippen LogP contribution in [0.2, 0.25) is 0 Å². The van der Waals surface area contributed by atoms with Crippen LogP contribution in [0.25, 0.3) is 0 Å². The number of anilines is 1. The highest BCUT2D eigenvalue weighted by molar-refractivity contribution is 5.96. The van der Waals surface area contributed by atoms with Crippen LogP contribution in [0.3, 0.4) is 0 Å². The lowest BCUT2D eigenvalue weighted by molar-refractivity contribution is -0.119. The van der Waals surface area contributed by atoms with Crippen LogP contribution in [0.15, 0.2) is 18.2 Å². The molecule has 1 N–H and O–H groups in total. The fraction of sp³-hybridized carbons (Fsp3) is 0.533. The summed E-state index contributed by atoms with van der Waals surface area (Å²) < 4.78 is 13.4. The lowest BCUT2D eigenvalue weighted by atomic mass is 9.99. The summed E-state index contributed by atoms with van der Waals surface area (Å²) >= 11 is 0. The molecule has 0 bridgehead atoms. The van der Waals surface area contributed by atoms with Gasteiger partial charge in [0.2, 0.25) is 5.91 Å². The van der Waals surface area contributed by atoms with E-state index in [0.29, 0.717) is 25.3 Å². The summed E-state index contributed by atoms with van der Waals surface area (Å²) in [5, 5.41) is 3.28. The summed E-state index contributed by atoms with van der Waals surface area (Å²) in [7, 11) is 0. The third-order valence-electron chi connectivity index (χ3n) is 3.48. The van der Waals surface area contributed by atoms with E-state index in [0.717, 1.165) is 24.3 Å². The van der Waals surface area contributed by atoms with Crippen molar-refractivity contribution in [2.45, 2.75) is 26.7 Å². The topological polar surface area (TPSA) is 32.3 Å². The number of nitrogens with one attached hydrogen (secondary N) is 1. The fourth-order valence-electron chi connectivity index (χ4n) is 2.48. The number of hydrogen-bond acceptors (Lipinski definition) is 2. The second-order valence-electron chi connectivity index (χ2n) is 5.19. The average molecular weight is 264 g/mol. The maximum atomic E-state index is 13.4. The Morgan fingerprint density at radius 3 is 2.95 bits per heavy atom. The molecule has 0 radical (unpaired) electrons. The van der Waals surface area contributed by atoms with E-state index in [9.17, 15) is 9.18 Å². The Balaban J connectivity index is 2.15. The Morgan fingerprint density at radius 2 is 2.21 bits per heavy atom. The number of hydrogen-bond donors (Lipinski definition) is 1. The van der Waals surface area contributed by atoms with Gasteiger partial charge in [0, 0.05) is 18.7 Å². The van der Waals surface area contributed by atoms with Gasteiger partial charge in [0.05, 0.1) is 0 Å². The molecule has 1 aliphatic rings. The van der Waals surface area contributed by atoms with Crippen molar-refractivity contribution >= 4 is 11.6 Å². The average Bonchev–Trinajstić information content (AvgIpc) is 2.40. The van der Waals surface area contributed by atoms with Crippen molar-refractivity contribution in [2.24, 2.45) is 5.92 Å². The Bertz CT molecular complexity index is 461. The van der Waals surface area contributed by atoms with Crippen molar-refractivity contribution in [3.8, 4) is 0 Å². The Hall–Kier alpha value is -1.42. The first-order valence-electron chi connectivity index (χ1n) is 6.91. The predicted octanol–water partition coefficient (Wildman–Crippen LogP) is 2.35. The number of rotatable bonds is 5. The van der Waals surface area contributed by atoms with E-state index >= 15 is 0 Å². The highest BCUT2D eigenvalue weighted by atomic mass is 19.1. The van der Waals surface area contributed by atoms with Gasteiger partial charge in [0.15, 0.2) is 0 Å². The van der Waals surface area contributed by atoms with Crippen molar-refractivity contribution in [1.29, 1.82) is 0 Å². The van der Waals surface area contributed by atoms with E-state index < -0.39 is 0 Å². The third kappa shape index (κ3) is 3.32. The van der Waals surface area contributed by atoms with Crippen LogP contribution in [-0.2, 0) is 11.2 Å². The van der Waals surface area contributed by atoms with E-state index in [2.05, 4.69) is 19.2 Å². The largest absolute Gasteiger partial charge is 0.317 e. The van der Waals surface area contributed by atoms with Crippen molar-refractivity contribution in [2.75, 3.05) is 24.5 Å². The van der Waals surface area contributed by atoms with Crippen LogP contribution in [0.4, 0.5) is 10.1 Å². The zero-order valence-corrected chi connectivity index (χ0v) is 11.6. The van der Waals surface area contributed by atoms with E-state index in [1.165, 1.54) is 12.1 Å². The quantitative estimate of drug-likeness (QED) is 0.885. The van der Waals surface area contributed by atoms with E-state index in [4.69, 9.17) is 0 Å². The number of benzene rings is 1.